The van der Waals surface area contributed by atoms with Crippen molar-refractivity contribution in [2.24, 2.45) is 5.92 Å². The van der Waals surface area contributed by atoms with Crippen LogP contribution in [-0.4, -0.2) is 45.5 Å². The number of aliphatic hydroxyl groups excluding tert-OH is 1. The Labute approximate surface area is 139 Å². The van der Waals surface area contributed by atoms with E-state index in [0.29, 0.717) is 18.9 Å². The minimum absolute atomic E-state index is 0.0993. The summed E-state index contributed by atoms with van der Waals surface area (Å²) in [6.45, 7) is 3.21. The molecule has 0 bridgehead atoms. The average molecular weight is 332 g/mol. The van der Waals surface area contributed by atoms with Gasteiger partial charge in [0.25, 0.3) is 0 Å². The van der Waals surface area contributed by atoms with Gasteiger partial charge in [-0.1, -0.05) is 0 Å². The van der Waals surface area contributed by atoms with Gasteiger partial charge in [-0.25, -0.2) is 13.9 Å². The van der Waals surface area contributed by atoms with Crippen molar-refractivity contribution in [1.29, 1.82) is 0 Å². The van der Waals surface area contributed by atoms with Gasteiger partial charge in [0, 0.05) is 31.5 Å². The molecule has 0 saturated carbocycles. The molecule has 24 heavy (non-hydrogen) atoms. The molecule has 0 aliphatic carbocycles. The molecule has 2 amide bonds. The first-order valence-corrected chi connectivity index (χ1v) is 8.06. The van der Waals surface area contributed by atoms with Crippen LogP contribution in [0.3, 0.4) is 0 Å². The van der Waals surface area contributed by atoms with Crippen molar-refractivity contribution in [3.05, 3.63) is 41.8 Å². The van der Waals surface area contributed by atoms with Crippen molar-refractivity contribution in [1.82, 2.24) is 14.7 Å². The van der Waals surface area contributed by atoms with Crippen LogP contribution in [0.1, 0.15) is 18.5 Å². The van der Waals surface area contributed by atoms with Crippen LogP contribution in [0.15, 0.2) is 30.3 Å². The molecule has 2 heterocycles. The number of aryl methyl sites for hydroxylation is 1. The summed E-state index contributed by atoms with van der Waals surface area (Å²) in [5.41, 5.74) is 1.57. The van der Waals surface area contributed by atoms with Crippen molar-refractivity contribution < 1.29 is 14.3 Å². The fourth-order valence-electron chi connectivity index (χ4n) is 2.97. The highest BCUT2D eigenvalue weighted by atomic mass is 19.1. The molecule has 1 aliphatic rings. The number of anilines is 1. The number of nitrogens with one attached hydrogen (secondary N) is 1. The molecule has 1 aromatic carbocycles. The number of carbonyl (C=O) groups is 1. The molecule has 1 fully saturated rings. The molecular formula is C17H21FN4O2. The fourth-order valence-corrected chi connectivity index (χ4v) is 2.97. The maximum atomic E-state index is 13.0. The number of carbonyl (C=O) groups excluding carboxylic acids is 1. The molecule has 7 heteroatoms. The Kier molecular flexibility index (Phi) is 4.80. The first kappa shape index (κ1) is 16.4. The predicted molar refractivity (Wildman–Crippen MR) is 88.7 cm³/mol. The van der Waals surface area contributed by atoms with Crippen molar-refractivity contribution in [3.63, 3.8) is 0 Å². The van der Waals surface area contributed by atoms with Crippen molar-refractivity contribution in [2.75, 3.05) is 25.0 Å². The monoisotopic (exact) mass is 332 g/mol. The van der Waals surface area contributed by atoms with E-state index >= 15 is 0 Å². The number of aliphatic hydroxyl groups is 1. The van der Waals surface area contributed by atoms with E-state index in [1.807, 2.05) is 6.92 Å². The van der Waals surface area contributed by atoms with E-state index in [-0.39, 0.29) is 24.4 Å². The number of hydrogen-bond acceptors (Lipinski definition) is 3. The first-order valence-electron chi connectivity index (χ1n) is 8.06. The summed E-state index contributed by atoms with van der Waals surface area (Å²) in [7, 11) is 0. The van der Waals surface area contributed by atoms with E-state index in [1.165, 1.54) is 12.1 Å². The van der Waals surface area contributed by atoms with Crippen LogP contribution in [-0.2, 0) is 0 Å². The predicted octanol–water partition coefficient (Wildman–Crippen LogP) is 2.56. The Hall–Kier alpha value is -2.41. The lowest BCUT2D eigenvalue weighted by molar-refractivity contribution is 0.136. The van der Waals surface area contributed by atoms with E-state index in [1.54, 1.807) is 27.8 Å². The number of aromatic nitrogens is 2. The number of amides is 2. The van der Waals surface area contributed by atoms with Gasteiger partial charge in [0.05, 0.1) is 5.69 Å². The summed E-state index contributed by atoms with van der Waals surface area (Å²) in [4.78, 5) is 14.1. The van der Waals surface area contributed by atoms with Gasteiger partial charge in [0.1, 0.15) is 5.82 Å². The number of hydrogen-bond donors (Lipinski definition) is 2. The smallest absolute Gasteiger partial charge is 0.323 e. The number of rotatable bonds is 3. The standard InChI is InChI=1S/C17H21FN4O2/c1-12-9-16(20-22(12)15-6-4-14(18)5-7-15)19-17(24)21-8-2-3-13(10-21)11-23/h4-7,9,13,23H,2-3,8,10-11H2,1H3,(H,19,20,24). The highest BCUT2D eigenvalue weighted by Gasteiger charge is 2.23. The molecule has 6 nitrogen and oxygen atoms in total. The number of halogens is 1. The first-order chi connectivity index (χ1) is 11.6. The number of likely N-dealkylation sites (tertiary alicyclic amines) is 1. The molecule has 128 valence electrons. The second-order valence-corrected chi connectivity index (χ2v) is 6.13. The molecule has 1 unspecified atom stereocenters. The van der Waals surface area contributed by atoms with E-state index in [4.69, 9.17) is 0 Å². The van der Waals surface area contributed by atoms with Gasteiger partial charge in [-0.3, -0.25) is 5.32 Å². The maximum Gasteiger partial charge on any atom is 0.323 e. The molecular weight excluding hydrogens is 311 g/mol. The summed E-state index contributed by atoms with van der Waals surface area (Å²) in [6, 6.07) is 7.58. The van der Waals surface area contributed by atoms with E-state index in [2.05, 4.69) is 10.4 Å². The summed E-state index contributed by atoms with van der Waals surface area (Å²) >= 11 is 0. The second kappa shape index (κ2) is 7.00. The van der Waals surface area contributed by atoms with Crippen LogP contribution in [0.25, 0.3) is 5.69 Å². The lowest BCUT2D eigenvalue weighted by Gasteiger charge is -2.31. The largest absolute Gasteiger partial charge is 0.396 e. The summed E-state index contributed by atoms with van der Waals surface area (Å²) in [6.07, 6.45) is 1.83. The number of nitrogens with zero attached hydrogens (tertiary/aromatic N) is 3. The Morgan fingerprint density at radius 1 is 1.42 bits per heavy atom. The Morgan fingerprint density at radius 2 is 2.17 bits per heavy atom. The lowest BCUT2D eigenvalue weighted by atomic mass is 9.99. The van der Waals surface area contributed by atoms with Gasteiger partial charge in [-0.15, -0.1) is 5.10 Å². The zero-order chi connectivity index (χ0) is 17.1. The van der Waals surface area contributed by atoms with Gasteiger partial charge in [-0.2, -0.15) is 0 Å². The lowest BCUT2D eigenvalue weighted by Crippen LogP contribution is -2.43. The Bertz CT molecular complexity index is 714. The third-order valence-electron chi connectivity index (χ3n) is 4.26. The molecule has 0 radical (unpaired) electrons. The van der Waals surface area contributed by atoms with Crippen LogP contribution < -0.4 is 5.32 Å². The van der Waals surface area contributed by atoms with Crippen LogP contribution in [0, 0.1) is 18.7 Å². The normalized spacial score (nSPS) is 17.8. The van der Waals surface area contributed by atoms with Crippen LogP contribution in [0.5, 0.6) is 0 Å². The number of benzene rings is 1. The SMILES string of the molecule is Cc1cc(NC(=O)N2CCCC(CO)C2)nn1-c1ccc(F)cc1. The van der Waals surface area contributed by atoms with Gasteiger partial charge in [0.15, 0.2) is 5.82 Å². The zero-order valence-corrected chi connectivity index (χ0v) is 13.6. The van der Waals surface area contributed by atoms with E-state index in [9.17, 15) is 14.3 Å². The molecule has 0 spiro atoms. The summed E-state index contributed by atoms with van der Waals surface area (Å²) in [5, 5.41) is 16.4. The van der Waals surface area contributed by atoms with E-state index in [0.717, 1.165) is 24.2 Å². The maximum absolute atomic E-state index is 13.0. The van der Waals surface area contributed by atoms with Gasteiger partial charge in [0.2, 0.25) is 0 Å². The van der Waals surface area contributed by atoms with E-state index < -0.39 is 0 Å². The third-order valence-corrected chi connectivity index (χ3v) is 4.26. The minimum atomic E-state index is -0.305. The van der Waals surface area contributed by atoms with Crippen LogP contribution in [0.4, 0.5) is 15.0 Å². The second-order valence-electron chi connectivity index (χ2n) is 6.13. The quantitative estimate of drug-likeness (QED) is 0.907. The summed E-state index contributed by atoms with van der Waals surface area (Å²) < 4.78 is 14.7. The highest BCUT2D eigenvalue weighted by molar-refractivity contribution is 5.88. The van der Waals surface area contributed by atoms with Crippen molar-refractivity contribution in [2.45, 2.75) is 19.8 Å². The summed E-state index contributed by atoms with van der Waals surface area (Å²) in [5.74, 6) is 0.288. The van der Waals surface area contributed by atoms with Crippen LogP contribution >= 0.6 is 0 Å². The number of urea groups is 1. The van der Waals surface area contributed by atoms with Gasteiger partial charge in [-0.05, 0) is 49.9 Å². The van der Waals surface area contributed by atoms with Crippen molar-refractivity contribution >= 4 is 11.8 Å². The third kappa shape index (κ3) is 3.56. The molecule has 2 N–H and O–H groups in total. The average Bonchev–Trinajstić information content (AvgIpc) is 2.96. The Balaban J connectivity index is 1.71. The molecule has 1 aliphatic heterocycles. The zero-order valence-electron chi connectivity index (χ0n) is 13.6. The van der Waals surface area contributed by atoms with Gasteiger partial charge >= 0.3 is 6.03 Å². The van der Waals surface area contributed by atoms with Crippen LogP contribution in [0.2, 0.25) is 0 Å². The molecule has 3 rings (SSSR count). The highest BCUT2D eigenvalue weighted by Crippen LogP contribution is 2.19. The molecule has 1 aromatic heterocycles. The molecule has 1 saturated heterocycles. The number of piperidine rings is 1. The topological polar surface area (TPSA) is 70.4 Å². The van der Waals surface area contributed by atoms with Crippen molar-refractivity contribution in [3.8, 4) is 5.69 Å². The fraction of sp³-hybridized carbons (Fsp3) is 0.412. The molecule has 2 aromatic rings. The Morgan fingerprint density at radius 3 is 2.88 bits per heavy atom. The van der Waals surface area contributed by atoms with Gasteiger partial charge < -0.3 is 10.0 Å². The molecule has 1 atom stereocenters. The minimum Gasteiger partial charge on any atom is -0.396 e.